The molecule has 4 rings (SSSR count). The summed E-state index contributed by atoms with van der Waals surface area (Å²) in [7, 11) is 3.17. The summed E-state index contributed by atoms with van der Waals surface area (Å²) < 4.78 is 11.1. The van der Waals surface area contributed by atoms with Crippen molar-refractivity contribution < 1.29 is 14.3 Å². The minimum absolute atomic E-state index is 0.0924. The van der Waals surface area contributed by atoms with Gasteiger partial charge in [0.2, 0.25) is 0 Å². The molecule has 0 aromatic heterocycles. The number of methoxy groups -OCH3 is 2. The van der Waals surface area contributed by atoms with Gasteiger partial charge in [-0.05, 0) is 42.7 Å². The van der Waals surface area contributed by atoms with Crippen LogP contribution in [0, 0.1) is 5.41 Å². The molecule has 3 nitrogen and oxygen atoms in total. The molecule has 0 radical (unpaired) electrons. The van der Waals surface area contributed by atoms with Gasteiger partial charge < -0.3 is 9.47 Å². The van der Waals surface area contributed by atoms with Gasteiger partial charge >= 0.3 is 5.97 Å². The second kappa shape index (κ2) is 7.92. The third-order valence-corrected chi connectivity index (χ3v) is 6.77. The number of carbonyl (C=O) groups is 1. The van der Waals surface area contributed by atoms with Crippen molar-refractivity contribution in [3.63, 3.8) is 0 Å². The molecule has 2 aromatic rings. The molecule has 1 spiro atoms. The predicted molar refractivity (Wildman–Crippen MR) is 110 cm³/mol. The van der Waals surface area contributed by atoms with Crippen LogP contribution < -0.4 is 0 Å². The number of benzene rings is 2. The molecule has 0 N–H and O–H groups in total. The van der Waals surface area contributed by atoms with E-state index in [9.17, 15) is 4.79 Å². The maximum atomic E-state index is 12.5. The zero-order chi connectivity index (χ0) is 19.6. The normalized spacial score (nSPS) is 29.5. The largest absolute Gasteiger partial charge is 0.466 e. The Labute approximate surface area is 167 Å². The molecule has 1 fully saturated rings. The first-order chi connectivity index (χ1) is 13.7. The van der Waals surface area contributed by atoms with E-state index in [1.165, 1.54) is 18.2 Å². The first-order valence-corrected chi connectivity index (χ1v) is 10.1. The quantitative estimate of drug-likeness (QED) is 0.684. The molecule has 0 saturated heterocycles. The molecule has 3 heteroatoms. The van der Waals surface area contributed by atoms with Crippen molar-refractivity contribution in [3.8, 4) is 0 Å². The molecule has 2 aliphatic rings. The number of hydrogen-bond donors (Lipinski definition) is 0. The Balaban J connectivity index is 1.68. The van der Waals surface area contributed by atoms with Crippen LogP contribution in [0.2, 0.25) is 0 Å². The summed E-state index contributed by atoms with van der Waals surface area (Å²) in [6.45, 7) is 0. The van der Waals surface area contributed by atoms with Gasteiger partial charge in [-0.2, -0.15) is 0 Å². The van der Waals surface area contributed by atoms with Gasteiger partial charge in [-0.15, -0.1) is 0 Å². The third-order valence-electron chi connectivity index (χ3n) is 6.77. The van der Waals surface area contributed by atoms with E-state index in [0.717, 1.165) is 25.7 Å². The van der Waals surface area contributed by atoms with E-state index < -0.39 is 0 Å². The SMILES string of the molecule is COC(=O)C1=C[C@H](c2ccccc2)C2(CCC(c3ccccc3)CC2)[C@@H]1OC. The lowest BCUT2D eigenvalue weighted by atomic mass is 9.60. The van der Waals surface area contributed by atoms with Gasteiger partial charge in [0.1, 0.15) is 0 Å². The Morgan fingerprint density at radius 1 is 0.893 bits per heavy atom. The van der Waals surface area contributed by atoms with E-state index in [1.54, 1.807) is 7.11 Å². The molecule has 0 aliphatic heterocycles. The second-order valence-electron chi connectivity index (χ2n) is 8.04. The molecule has 28 heavy (non-hydrogen) atoms. The van der Waals surface area contributed by atoms with Crippen LogP contribution in [0.15, 0.2) is 72.3 Å². The van der Waals surface area contributed by atoms with Crippen LogP contribution in [-0.4, -0.2) is 26.3 Å². The van der Waals surface area contributed by atoms with E-state index in [-0.39, 0.29) is 23.4 Å². The van der Waals surface area contributed by atoms with Crippen molar-refractivity contribution in [1.82, 2.24) is 0 Å². The predicted octanol–water partition coefficient (Wildman–Crippen LogP) is 5.24. The molecule has 0 heterocycles. The zero-order valence-corrected chi connectivity index (χ0v) is 16.6. The van der Waals surface area contributed by atoms with Crippen molar-refractivity contribution in [2.75, 3.05) is 14.2 Å². The topological polar surface area (TPSA) is 35.5 Å². The van der Waals surface area contributed by atoms with Gasteiger partial charge in [0.15, 0.2) is 0 Å². The van der Waals surface area contributed by atoms with Crippen molar-refractivity contribution in [1.29, 1.82) is 0 Å². The number of carbonyl (C=O) groups excluding carboxylic acids is 1. The highest BCUT2D eigenvalue weighted by Gasteiger charge is 2.54. The Bertz CT molecular complexity index is 833. The van der Waals surface area contributed by atoms with Crippen molar-refractivity contribution in [2.24, 2.45) is 5.41 Å². The fraction of sp³-hybridized carbons (Fsp3) is 0.400. The molecular formula is C25H28O3. The summed E-state index contributed by atoms with van der Waals surface area (Å²) in [5, 5.41) is 0. The number of rotatable bonds is 4. The molecule has 0 amide bonds. The number of esters is 1. The minimum atomic E-state index is -0.269. The van der Waals surface area contributed by atoms with Crippen molar-refractivity contribution in [2.45, 2.75) is 43.6 Å². The molecule has 146 valence electrons. The summed E-state index contributed by atoms with van der Waals surface area (Å²) in [4.78, 5) is 12.5. The summed E-state index contributed by atoms with van der Waals surface area (Å²) >= 11 is 0. The fourth-order valence-corrected chi connectivity index (χ4v) is 5.44. The zero-order valence-electron chi connectivity index (χ0n) is 16.6. The second-order valence-corrected chi connectivity index (χ2v) is 8.04. The van der Waals surface area contributed by atoms with Gasteiger partial charge in [0.25, 0.3) is 0 Å². The van der Waals surface area contributed by atoms with Crippen LogP contribution in [0.25, 0.3) is 0 Å². The van der Waals surface area contributed by atoms with Crippen molar-refractivity contribution >= 4 is 5.97 Å². The Hall–Kier alpha value is -2.39. The van der Waals surface area contributed by atoms with E-state index in [0.29, 0.717) is 11.5 Å². The van der Waals surface area contributed by atoms with E-state index >= 15 is 0 Å². The van der Waals surface area contributed by atoms with E-state index in [4.69, 9.17) is 9.47 Å². The van der Waals surface area contributed by atoms with Gasteiger partial charge in [-0.1, -0.05) is 66.7 Å². The lowest BCUT2D eigenvalue weighted by Crippen LogP contribution is -2.42. The average molecular weight is 376 g/mol. The van der Waals surface area contributed by atoms with Gasteiger partial charge in [0, 0.05) is 18.4 Å². The smallest absolute Gasteiger partial charge is 0.336 e. The van der Waals surface area contributed by atoms with Crippen LogP contribution in [0.5, 0.6) is 0 Å². The monoisotopic (exact) mass is 376 g/mol. The number of ether oxygens (including phenoxy) is 2. The van der Waals surface area contributed by atoms with Crippen LogP contribution in [0.3, 0.4) is 0 Å². The van der Waals surface area contributed by atoms with Gasteiger partial charge in [-0.3, -0.25) is 0 Å². The van der Waals surface area contributed by atoms with E-state index in [2.05, 4.69) is 60.7 Å². The molecule has 0 unspecified atom stereocenters. The Morgan fingerprint density at radius 2 is 1.46 bits per heavy atom. The highest BCUT2D eigenvalue weighted by Crippen LogP contribution is 2.59. The summed E-state index contributed by atoms with van der Waals surface area (Å²) in [6, 6.07) is 21.3. The first kappa shape index (κ1) is 18.9. The van der Waals surface area contributed by atoms with E-state index in [1.807, 2.05) is 6.07 Å². The van der Waals surface area contributed by atoms with Crippen LogP contribution in [0.4, 0.5) is 0 Å². The molecule has 2 atom stereocenters. The fourth-order valence-electron chi connectivity index (χ4n) is 5.44. The summed E-state index contributed by atoms with van der Waals surface area (Å²) in [5.74, 6) is 0.474. The molecule has 0 bridgehead atoms. The number of allylic oxidation sites excluding steroid dienone is 1. The van der Waals surface area contributed by atoms with Crippen LogP contribution in [0.1, 0.15) is 48.6 Å². The van der Waals surface area contributed by atoms with Gasteiger partial charge in [0.05, 0.1) is 18.8 Å². The Morgan fingerprint density at radius 3 is 2.00 bits per heavy atom. The minimum Gasteiger partial charge on any atom is -0.466 e. The van der Waals surface area contributed by atoms with Crippen molar-refractivity contribution in [3.05, 3.63) is 83.4 Å². The lowest BCUT2D eigenvalue weighted by Gasteiger charge is -2.45. The van der Waals surface area contributed by atoms with Crippen LogP contribution >= 0.6 is 0 Å². The summed E-state index contributed by atoms with van der Waals surface area (Å²) in [6.07, 6.45) is 6.16. The molecule has 2 aromatic carbocycles. The van der Waals surface area contributed by atoms with Crippen LogP contribution in [-0.2, 0) is 14.3 Å². The summed E-state index contributed by atoms with van der Waals surface area (Å²) in [5.41, 5.74) is 3.26. The molecular weight excluding hydrogens is 348 g/mol. The average Bonchev–Trinajstić information content (AvgIpc) is 3.08. The Kier molecular flexibility index (Phi) is 5.36. The molecule has 1 saturated carbocycles. The maximum Gasteiger partial charge on any atom is 0.336 e. The first-order valence-electron chi connectivity index (χ1n) is 10.1. The molecule has 2 aliphatic carbocycles. The highest BCUT2D eigenvalue weighted by molar-refractivity contribution is 5.91. The maximum absolute atomic E-state index is 12.5. The lowest BCUT2D eigenvalue weighted by molar-refractivity contribution is -0.138. The number of hydrogen-bond acceptors (Lipinski definition) is 3. The van der Waals surface area contributed by atoms with Gasteiger partial charge in [-0.25, -0.2) is 4.79 Å². The third kappa shape index (κ3) is 3.18. The highest BCUT2D eigenvalue weighted by atomic mass is 16.5. The standard InChI is InChI=1S/C25H28O3/c1-27-23-21(24(26)28-2)17-22(20-11-7-4-8-12-20)25(23)15-13-19(14-16-25)18-9-5-3-6-10-18/h3-12,17,19,22-23H,13-16H2,1-2H3/t19?,22-,23-,25?/m1/s1.